The van der Waals surface area contributed by atoms with E-state index in [0.717, 1.165) is 24.3 Å². The zero-order chi connectivity index (χ0) is 22.6. The number of para-hydroxylation sites is 1. The number of aryl methyl sites for hydroxylation is 1. The Balaban J connectivity index is 1.56. The number of benzene rings is 3. The molecule has 1 saturated heterocycles. The molecule has 0 unspecified atom stereocenters. The van der Waals surface area contributed by atoms with Crippen molar-refractivity contribution in [2.45, 2.75) is 24.7 Å². The van der Waals surface area contributed by atoms with Gasteiger partial charge in [-0.3, -0.25) is 9.10 Å². The quantitative estimate of drug-likeness (QED) is 0.579. The molecular formula is C25H27N3O3S. The molecule has 3 aromatic carbocycles. The molecule has 0 atom stereocenters. The van der Waals surface area contributed by atoms with E-state index in [1.165, 1.54) is 29.3 Å². The van der Waals surface area contributed by atoms with E-state index in [2.05, 4.69) is 10.2 Å². The summed E-state index contributed by atoms with van der Waals surface area (Å²) in [6.45, 7) is 3.61. The van der Waals surface area contributed by atoms with Gasteiger partial charge in [0.05, 0.1) is 10.6 Å². The fraction of sp³-hybridized carbons (Fsp3) is 0.240. The first-order valence-corrected chi connectivity index (χ1v) is 12.2. The van der Waals surface area contributed by atoms with Crippen molar-refractivity contribution in [2.75, 3.05) is 34.2 Å². The number of nitrogens with zero attached hydrogens (tertiary/aromatic N) is 2. The van der Waals surface area contributed by atoms with E-state index < -0.39 is 15.9 Å². The summed E-state index contributed by atoms with van der Waals surface area (Å²) in [5, 5.41) is 2.84. The van der Waals surface area contributed by atoms with Crippen molar-refractivity contribution >= 4 is 33.0 Å². The highest BCUT2D eigenvalue weighted by atomic mass is 32.2. The minimum atomic E-state index is -3.92. The number of amides is 1. The standard InChI is InChI=1S/C25H27N3O3S/c1-20-9-5-6-12-24(20)28(32(30,31)23-10-3-2-4-11-23)19-25(29)26-21-13-15-22(16-14-21)27-17-7-8-18-27/h2-6,9-16H,7-8,17-19H2,1H3,(H,26,29). The number of rotatable bonds is 7. The Kier molecular flexibility index (Phi) is 6.46. The number of carbonyl (C=O) groups is 1. The van der Waals surface area contributed by atoms with Crippen molar-refractivity contribution < 1.29 is 13.2 Å². The second kappa shape index (κ2) is 9.44. The molecule has 0 aliphatic carbocycles. The van der Waals surface area contributed by atoms with Gasteiger partial charge in [0.1, 0.15) is 6.54 Å². The van der Waals surface area contributed by atoms with Crippen molar-refractivity contribution in [3.63, 3.8) is 0 Å². The highest BCUT2D eigenvalue weighted by molar-refractivity contribution is 7.92. The van der Waals surface area contributed by atoms with Crippen molar-refractivity contribution in [1.29, 1.82) is 0 Å². The minimum absolute atomic E-state index is 0.144. The molecule has 1 amide bonds. The van der Waals surface area contributed by atoms with Gasteiger partial charge in [0.15, 0.2) is 0 Å². The highest BCUT2D eigenvalue weighted by Crippen LogP contribution is 2.27. The lowest BCUT2D eigenvalue weighted by molar-refractivity contribution is -0.114. The van der Waals surface area contributed by atoms with Crippen molar-refractivity contribution in [1.82, 2.24) is 0 Å². The Morgan fingerprint density at radius 2 is 1.53 bits per heavy atom. The number of carbonyl (C=O) groups excluding carboxylic acids is 1. The molecular weight excluding hydrogens is 422 g/mol. The fourth-order valence-corrected chi connectivity index (χ4v) is 5.43. The summed E-state index contributed by atoms with van der Waals surface area (Å²) in [4.78, 5) is 15.4. The maximum atomic E-state index is 13.4. The van der Waals surface area contributed by atoms with Gasteiger partial charge >= 0.3 is 0 Å². The Bertz CT molecular complexity index is 1170. The van der Waals surface area contributed by atoms with Gasteiger partial charge in [-0.2, -0.15) is 0 Å². The first-order valence-electron chi connectivity index (χ1n) is 10.7. The summed E-state index contributed by atoms with van der Waals surface area (Å²) in [6.07, 6.45) is 2.40. The van der Waals surface area contributed by atoms with E-state index in [4.69, 9.17) is 0 Å². The summed E-state index contributed by atoms with van der Waals surface area (Å²) in [5.41, 5.74) is 3.03. The maximum Gasteiger partial charge on any atom is 0.264 e. The van der Waals surface area contributed by atoms with Crippen LogP contribution in [-0.4, -0.2) is 34.0 Å². The van der Waals surface area contributed by atoms with Gasteiger partial charge in [-0.15, -0.1) is 0 Å². The Morgan fingerprint density at radius 3 is 2.19 bits per heavy atom. The van der Waals surface area contributed by atoms with Crippen molar-refractivity contribution in [3.05, 3.63) is 84.4 Å². The third-order valence-corrected chi connectivity index (χ3v) is 7.40. The van der Waals surface area contributed by atoms with E-state index in [1.54, 1.807) is 30.3 Å². The Hall–Kier alpha value is -3.32. The first kappa shape index (κ1) is 21.9. The third-order valence-electron chi connectivity index (χ3n) is 5.62. The van der Waals surface area contributed by atoms with Crippen LogP contribution in [0.5, 0.6) is 0 Å². The largest absolute Gasteiger partial charge is 0.372 e. The number of anilines is 3. The number of hydrogen-bond donors (Lipinski definition) is 1. The van der Waals surface area contributed by atoms with Crippen LogP contribution in [0.1, 0.15) is 18.4 Å². The monoisotopic (exact) mass is 449 g/mol. The van der Waals surface area contributed by atoms with Crippen LogP contribution in [0.3, 0.4) is 0 Å². The molecule has 166 valence electrons. The topological polar surface area (TPSA) is 69.7 Å². The van der Waals surface area contributed by atoms with Crippen molar-refractivity contribution in [3.8, 4) is 0 Å². The van der Waals surface area contributed by atoms with Crippen LogP contribution in [0.4, 0.5) is 17.1 Å². The molecule has 4 rings (SSSR count). The lowest BCUT2D eigenvalue weighted by atomic mass is 10.2. The highest BCUT2D eigenvalue weighted by Gasteiger charge is 2.28. The molecule has 7 heteroatoms. The van der Waals surface area contributed by atoms with Crippen molar-refractivity contribution in [2.24, 2.45) is 0 Å². The average molecular weight is 450 g/mol. The summed E-state index contributed by atoms with van der Waals surface area (Å²) in [5.74, 6) is -0.401. The Morgan fingerprint density at radius 1 is 0.906 bits per heavy atom. The zero-order valence-electron chi connectivity index (χ0n) is 18.1. The third kappa shape index (κ3) is 4.78. The molecule has 3 aromatic rings. The van der Waals surface area contributed by atoms with Crippen LogP contribution in [0.25, 0.3) is 0 Å². The van der Waals surface area contributed by atoms with Gasteiger partial charge in [0.2, 0.25) is 5.91 Å². The smallest absolute Gasteiger partial charge is 0.264 e. The molecule has 1 fully saturated rings. The van der Waals surface area contributed by atoms with Crippen LogP contribution in [0, 0.1) is 6.92 Å². The minimum Gasteiger partial charge on any atom is -0.372 e. The SMILES string of the molecule is Cc1ccccc1N(CC(=O)Nc1ccc(N2CCCC2)cc1)S(=O)(=O)c1ccccc1. The van der Waals surface area contributed by atoms with Gasteiger partial charge in [-0.25, -0.2) is 8.42 Å². The molecule has 1 aliphatic rings. The first-order chi connectivity index (χ1) is 15.4. The molecule has 0 radical (unpaired) electrons. The molecule has 0 aromatic heterocycles. The summed E-state index contributed by atoms with van der Waals surface area (Å²) in [6, 6.07) is 23.0. The summed E-state index contributed by atoms with van der Waals surface area (Å²) < 4.78 is 28.0. The molecule has 0 saturated carbocycles. The van der Waals surface area contributed by atoms with E-state index in [1.807, 2.05) is 43.3 Å². The average Bonchev–Trinajstić information content (AvgIpc) is 3.34. The number of hydrogen-bond acceptors (Lipinski definition) is 4. The zero-order valence-corrected chi connectivity index (χ0v) is 18.9. The van der Waals surface area contributed by atoms with E-state index in [0.29, 0.717) is 11.4 Å². The van der Waals surface area contributed by atoms with E-state index >= 15 is 0 Å². The molecule has 0 spiro atoms. The number of sulfonamides is 1. The second-order valence-electron chi connectivity index (χ2n) is 7.90. The molecule has 6 nitrogen and oxygen atoms in total. The normalized spacial score (nSPS) is 13.7. The van der Waals surface area contributed by atoms with Gasteiger partial charge in [0, 0.05) is 24.5 Å². The molecule has 0 bridgehead atoms. The van der Waals surface area contributed by atoms with Gasteiger partial charge in [-0.05, 0) is 67.8 Å². The fourth-order valence-electron chi connectivity index (χ4n) is 3.92. The van der Waals surface area contributed by atoms with Crippen LogP contribution < -0.4 is 14.5 Å². The summed E-state index contributed by atoms with van der Waals surface area (Å²) in [7, 11) is -3.92. The predicted octanol–water partition coefficient (Wildman–Crippen LogP) is 4.43. The van der Waals surface area contributed by atoms with Crippen LogP contribution >= 0.6 is 0 Å². The molecule has 1 heterocycles. The maximum absolute atomic E-state index is 13.4. The van der Waals surface area contributed by atoms with Crippen LogP contribution in [0.15, 0.2) is 83.8 Å². The predicted molar refractivity (Wildman–Crippen MR) is 129 cm³/mol. The molecule has 1 aliphatic heterocycles. The molecule has 32 heavy (non-hydrogen) atoms. The van der Waals surface area contributed by atoms with Gasteiger partial charge in [-0.1, -0.05) is 36.4 Å². The summed E-state index contributed by atoms with van der Waals surface area (Å²) >= 11 is 0. The van der Waals surface area contributed by atoms with Crippen LogP contribution in [-0.2, 0) is 14.8 Å². The molecule has 1 N–H and O–H groups in total. The lowest BCUT2D eigenvalue weighted by Gasteiger charge is -2.25. The number of nitrogens with one attached hydrogen (secondary N) is 1. The second-order valence-corrected chi connectivity index (χ2v) is 9.76. The van der Waals surface area contributed by atoms with Gasteiger partial charge < -0.3 is 10.2 Å². The van der Waals surface area contributed by atoms with E-state index in [9.17, 15) is 13.2 Å². The van der Waals surface area contributed by atoms with E-state index in [-0.39, 0.29) is 11.4 Å². The van der Waals surface area contributed by atoms with Crippen LogP contribution in [0.2, 0.25) is 0 Å². The Labute approximate surface area is 189 Å². The lowest BCUT2D eigenvalue weighted by Crippen LogP contribution is -2.38. The van der Waals surface area contributed by atoms with Gasteiger partial charge in [0.25, 0.3) is 10.0 Å².